The van der Waals surface area contributed by atoms with Gasteiger partial charge in [-0.05, 0) is 53.6 Å². The molecule has 0 aliphatic rings. The maximum absolute atomic E-state index is 6.78. The molecule has 50 heavy (non-hydrogen) atoms. The van der Waals surface area contributed by atoms with E-state index in [0.29, 0.717) is 17.5 Å². The number of rotatable bonds is 7. The van der Waals surface area contributed by atoms with Crippen molar-refractivity contribution >= 4 is 39.0 Å². The number of aromatic nitrogens is 3. The van der Waals surface area contributed by atoms with Crippen molar-refractivity contribution < 1.29 is 4.42 Å². The summed E-state index contributed by atoms with van der Waals surface area (Å²) in [6, 6.07) is 62.2. The molecule has 0 amide bonds. The Kier molecular flexibility index (Phi) is 7.41. The zero-order valence-corrected chi connectivity index (χ0v) is 27.0. The van der Waals surface area contributed by atoms with Gasteiger partial charge in [0, 0.05) is 38.8 Å². The predicted octanol–water partition coefficient (Wildman–Crippen LogP) is 11.9. The summed E-state index contributed by atoms with van der Waals surface area (Å²) in [5.74, 6) is 1.83. The molecule has 7 aromatic carbocycles. The van der Waals surface area contributed by atoms with Gasteiger partial charge in [-0.25, -0.2) is 15.0 Å². The minimum Gasteiger partial charge on any atom is -0.454 e. The van der Waals surface area contributed by atoms with Crippen LogP contribution < -0.4 is 4.90 Å². The highest BCUT2D eigenvalue weighted by Crippen LogP contribution is 2.43. The first-order valence-electron chi connectivity index (χ1n) is 16.6. The Balaban J connectivity index is 1.17. The third kappa shape index (κ3) is 5.47. The minimum absolute atomic E-state index is 0.588. The zero-order chi connectivity index (χ0) is 33.3. The maximum atomic E-state index is 6.78. The van der Waals surface area contributed by atoms with Gasteiger partial charge >= 0.3 is 0 Å². The van der Waals surface area contributed by atoms with Gasteiger partial charge in [-0.3, -0.25) is 0 Å². The summed E-state index contributed by atoms with van der Waals surface area (Å²) in [6.07, 6.45) is 0. The summed E-state index contributed by atoms with van der Waals surface area (Å²) in [5.41, 5.74) is 9.68. The molecule has 0 fully saturated rings. The summed E-state index contributed by atoms with van der Waals surface area (Å²) >= 11 is 0. The fraction of sp³-hybridized carbons (Fsp3) is 0. The number of hydrogen-bond acceptors (Lipinski definition) is 5. The quantitative estimate of drug-likeness (QED) is 0.173. The highest BCUT2D eigenvalue weighted by Gasteiger charge is 2.20. The van der Waals surface area contributed by atoms with Crippen LogP contribution in [0.2, 0.25) is 0 Å². The van der Waals surface area contributed by atoms with Gasteiger partial charge in [0.1, 0.15) is 5.58 Å². The van der Waals surface area contributed by atoms with Gasteiger partial charge in [-0.2, -0.15) is 0 Å². The van der Waals surface area contributed by atoms with Crippen LogP contribution in [-0.4, -0.2) is 15.0 Å². The molecule has 2 heterocycles. The molecule has 0 aliphatic carbocycles. The van der Waals surface area contributed by atoms with Gasteiger partial charge in [0.15, 0.2) is 23.1 Å². The lowest BCUT2D eigenvalue weighted by atomic mass is 10.0. The standard InChI is InChI=1S/C45H30N4O/c1-5-14-31(15-6-1)32-24-27-37(28-25-32)49(36-20-11-4-12-21-36)40-23-13-22-39-38-29-26-35(30-41(38)50-42(39)40)45-47-43(33-16-7-2-8-17-33)46-44(48-45)34-18-9-3-10-19-34/h1-30H. The molecular formula is C45H30N4O. The predicted molar refractivity (Wildman–Crippen MR) is 204 cm³/mol. The number of para-hydroxylation sites is 2. The van der Waals surface area contributed by atoms with Crippen molar-refractivity contribution in [2.75, 3.05) is 4.90 Å². The average molecular weight is 643 g/mol. The van der Waals surface area contributed by atoms with Crippen LogP contribution in [0, 0.1) is 0 Å². The van der Waals surface area contributed by atoms with Crippen molar-refractivity contribution in [3.05, 3.63) is 182 Å². The van der Waals surface area contributed by atoms with Crippen molar-refractivity contribution in [3.8, 4) is 45.3 Å². The first kappa shape index (κ1) is 29.3. The molecule has 0 N–H and O–H groups in total. The van der Waals surface area contributed by atoms with Crippen molar-refractivity contribution in [2.24, 2.45) is 0 Å². The summed E-state index contributed by atoms with van der Waals surface area (Å²) in [5, 5.41) is 2.06. The summed E-state index contributed by atoms with van der Waals surface area (Å²) < 4.78 is 6.78. The zero-order valence-electron chi connectivity index (χ0n) is 27.0. The number of furan rings is 1. The van der Waals surface area contributed by atoms with Gasteiger partial charge in [-0.1, -0.05) is 140 Å². The van der Waals surface area contributed by atoms with Crippen LogP contribution in [0.1, 0.15) is 0 Å². The van der Waals surface area contributed by atoms with Crippen LogP contribution in [-0.2, 0) is 0 Å². The second-order valence-corrected chi connectivity index (χ2v) is 12.1. The molecular weight excluding hydrogens is 613 g/mol. The summed E-state index contributed by atoms with van der Waals surface area (Å²) in [4.78, 5) is 17.0. The Bertz CT molecular complexity index is 2510. The number of benzene rings is 7. The molecule has 5 nitrogen and oxygen atoms in total. The Morgan fingerprint density at radius 3 is 1.44 bits per heavy atom. The third-order valence-corrected chi connectivity index (χ3v) is 8.92. The molecule has 5 heteroatoms. The highest BCUT2D eigenvalue weighted by atomic mass is 16.3. The molecule has 236 valence electrons. The van der Waals surface area contributed by atoms with E-state index in [-0.39, 0.29) is 0 Å². The third-order valence-electron chi connectivity index (χ3n) is 8.92. The van der Waals surface area contributed by atoms with Crippen LogP contribution in [0.4, 0.5) is 17.1 Å². The van der Waals surface area contributed by atoms with E-state index in [1.54, 1.807) is 0 Å². The lowest BCUT2D eigenvalue weighted by molar-refractivity contribution is 0.669. The second-order valence-electron chi connectivity index (χ2n) is 12.1. The van der Waals surface area contributed by atoms with Crippen LogP contribution >= 0.6 is 0 Å². The molecule has 0 saturated carbocycles. The van der Waals surface area contributed by atoms with Gasteiger partial charge in [0.25, 0.3) is 0 Å². The van der Waals surface area contributed by atoms with E-state index < -0.39 is 0 Å². The van der Waals surface area contributed by atoms with Crippen LogP contribution in [0.5, 0.6) is 0 Å². The fourth-order valence-electron chi connectivity index (χ4n) is 6.47. The van der Waals surface area contributed by atoms with Crippen molar-refractivity contribution in [3.63, 3.8) is 0 Å². The minimum atomic E-state index is 0.588. The number of hydrogen-bond donors (Lipinski definition) is 0. The molecule has 2 aromatic heterocycles. The highest BCUT2D eigenvalue weighted by molar-refractivity contribution is 6.11. The Morgan fingerprint density at radius 1 is 0.360 bits per heavy atom. The summed E-state index contributed by atoms with van der Waals surface area (Å²) in [6.45, 7) is 0. The van der Waals surface area contributed by atoms with E-state index in [0.717, 1.165) is 55.7 Å². The number of anilines is 3. The molecule has 9 aromatic rings. The van der Waals surface area contributed by atoms with Gasteiger partial charge in [0.2, 0.25) is 0 Å². The Morgan fingerprint density at radius 2 is 0.840 bits per heavy atom. The topological polar surface area (TPSA) is 55.1 Å². The Labute approximate surface area is 289 Å². The maximum Gasteiger partial charge on any atom is 0.164 e. The number of nitrogens with zero attached hydrogens (tertiary/aromatic N) is 4. The Hall–Kier alpha value is -6.85. The van der Waals surface area contributed by atoms with E-state index in [9.17, 15) is 0 Å². The molecule has 0 atom stereocenters. The van der Waals surface area contributed by atoms with E-state index in [1.807, 2.05) is 78.9 Å². The molecule has 0 unspecified atom stereocenters. The largest absolute Gasteiger partial charge is 0.454 e. The lowest BCUT2D eigenvalue weighted by Crippen LogP contribution is -2.10. The number of fused-ring (bicyclic) bond motifs is 3. The molecule has 9 rings (SSSR count). The van der Waals surface area contributed by atoms with Crippen molar-refractivity contribution in [1.29, 1.82) is 0 Å². The van der Waals surface area contributed by atoms with E-state index in [4.69, 9.17) is 19.4 Å². The fourth-order valence-corrected chi connectivity index (χ4v) is 6.47. The second kappa shape index (κ2) is 12.6. The SMILES string of the molecule is c1ccc(-c2ccc(N(c3ccccc3)c3cccc4c3oc3cc(-c5nc(-c6ccccc6)nc(-c6ccccc6)n5)ccc34)cc2)cc1. The first-order chi connectivity index (χ1) is 24.8. The first-order valence-corrected chi connectivity index (χ1v) is 16.6. The smallest absolute Gasteiger partial charge is 0.164 e. The molecule has 0 saturated heterocycles. The molecule has 0 bridgehead atoms. The summed E-state index contributed by atoms with van der Waals surface area (Å²) in [7, 11) is 0. The van der Waals surface area contributed by atoms with Crippen LogP contribution in [0.3, 0.4) is 0 Å². The van der Waals surface area contributed by atoms with E-state index in [2.05, 4.69) is 108 Å². The molecule has 0 spiro atoms. The van der Waals surface area contributed by atoms with Crippen molar-refractivity contribution in [1.82, 2.24) is 15.0 Å². The van der Waals surface area contributed by atoms with E-state index in [1.165, 1.54) is 11.1 Å². The lowest BCUT2D eigenvalue weighted by Gasteiger charge is -2.25. The van der Waals surface area contributed by atoms with Gasteiger partial charge in [0.05, 0.1) is 5.69 Å². The van der Waals surface area contributed by atoms with Crippen LogP contribution in [0.25, 0.3) is 67.2 Å². The van der Waals surface area contributed by atoms with Gasteiger partial charge < -0.3 is 9.32 Å². The van der Waals surface area contributed by atoms with Gasteiger partial charge in [-0.15, -0.1) is 0 Å². The van der Waals surface area contributed by atoms with Crippen LogP contribution in [0.15, 0.2) is 186 Å². The van der Waals surface area contributed by atoms with E-state index >= 15 is 0 Å². The molecule has 0 radical (unpaired) electrons. The molecule has 0 aliphatic heterocycles. The normalized spacial score (nSPS) is 11.2. The monoisotopic (exact) mass is 642 g/mol. The van der Waals surface area contributed by atoms with Crippen molar-refractivity contribution in [2.45, 2.75) is 0 Å². The average Bonchev–Trinajstić information content (AvgIpc) is 3.58.